The van der Waals surface area contributed by atoms with Gasteiger partial charge in [-0.1, -0.05) is 250 Å². The number of rotatable bonds is 44. The molecule has 17 rings (SSSR count). The van der Waals surface area contributed by atoms with E-state index >= 15 is 0 Å². The van der Waals surface area contributed by atoms with E-state index in [9.17, 15) is 0 Å². The average molecular weight is 1700 g/mol. The maximum atomic E-state index is 7.90. The van der Waals surface area contributed by atoms with E-state index in [1.165, 1.54) is 25.7 Å². The van der Waals surface area contributed by atoms with Crippen LogP contribution < -0.4 is 37.9 Å². The summed E-state index contributed by atoms with van der Waals surface area (Å²) in [6.45, 7) is 16.3. The topological polar surface area (TPSA) is 125 Å². The number of nitrogens with zero attached hydrogens (tertiary/aromatic N) is 4. The number of hydrogen-bond acceptors (Lipinski definition) is 12. The van der Waals surface area contributed by atoms with Gasteiger partial charge in [0.15, 0.2) is 0 Å². The van der Waals surface area contributed by atoms with Crippen molar-refractivity contribution in [3.8, 4) is 90.5 Å². The molecule has 8 bridgehead atoms. The molecule has 0 N–H and O–H groups in total. The van der Waals surface area contributed by atoms with Crippen LogP contribution in [-0.2, 0) is 0 Å². The van der Waals surface area contributed by atoms with Crippen LogP contribution in [0.15, 0.2) is 294 Å². The van der Waals surface area contributed by atoms with Gasteiger partial charge in [-0.15, -0.1) is 26.3 Å². The van der Waals surface area contributed by atoms with Gasteiger partial charge in [-0.3, -0.25) is 19.9 Å². The summed E-state index contributed by atoms with van der Waals surface area (Å²) in [4.78, 5) is 17.6. The fourth-order valence-electron chi connectivity index (χ4n) is 19.7. The van der Waals surface area contributed by atoms with Crippen molar-refractivity contribution in [3.05, 3.63) is 361 Å². The minimum Gasteiger partial charge on any atom is -0.450 e. The molecule has 5 aliphatic rings. The number of benzene rings is 8. The van der Waals surface area contributed by atoms with Crippen molar-refractivity contribution in [1.29, 1.82) is 0 Å². The molecule has 0 fully saturated rings. The highest BCUT2D eigenvalue weighted by Gasteiger charge is 2.42. The number of pyridine rings is 4. The maximum Gasteiger partial charge on any atom is 0.267 e. The lowest BCUT2D eigenvalue weighted by Crippen LogP contribution is -2.26. The summed E-state index contributed by atoms with van der Waals surface area (Å²) >= 11 is 0. The van der Waals surface area contributed by atoms with Gasteiger partial charge in [0.2, 0.25) is 0 Å². The van der Waals surface area contributed by atoms with Gasteiger partial charge in [-0.25, -0.2) is 0 Å². The standard InChI is InChI=1S/C116H124N4O8/c1-5-9-13-17-21-25-29-33-37-93-97-73-99-94(38-34-30-26-22-18-14-10-6-2)101-75-103-96(40-36-32-28-24-20-16-12-8-4)104-76-102-95(39-35-31-27-23-19-15-11-7-3)100-74-98(93)106-78-108(100)124-115(91-53-45-83(46-54-91)87-61-69-119-70-62-87)126-110(102)80-112(104)128-116(92-55-47-84(48-56-92)88-63-71-120-72-64-88)127-111(103)79-109(101)125-114(90-51-43-82(44-52-90)86-59-67-118-68-60-86)123-107(99)77-105(97)121-113(122-106)89-49-41-81(42-50-89)85-57-65-117-66-58-85/h5-8,41-80,93-96,113-116H,1-4,9-40H2. The fraction of sp³-hybridized carbons (Fsp3) is 0.345. The predicted octanol–water partition coefficient (Wildman–Crippen LogP) is 31.9. The van der Waals surface area contributed by atoms with Crippen molar-refractivity contribution < 1.29 is 37.9 Å². The van der Waals surface area contributed by atoms with E-state index < -0.39 is 25.2 Å². The molecule has 0 unspecified atom stereocenters. The minimum atomic E-state index is -0.962. The second kappa shape index (κ2) is 44.0. The number of aromatic nitrogens is 4. The normalized spacial score (nSPS) is 17.8. The van der Waals surface area contributed by atoms with Crippen molar-refractivity contribution in [2.45, 2.75) is 254 Å². The lowest BCUT2D eigenvalue weighted by molar-refractivity contribution is -0.0120. The Morgan fingerprint density at radius 2 is 0.344 bits per heavy atom. The Labute approximate surface area is 759 Å². The van der Waals surface area contributed by atoms with Crippen LogP contribution in [-0.4, -0.2) is 19.9 Å². The molecule has 12 heteroatoms. The zero-order valence-electron chi connectivity index (χ0n) is 74.5. The fourth-order valence-corrected chi connectivity index (χ4v) is 19.7. The first-order chi connectivity index (χ1) is 63.3. The summed E-state index contributed by atoms with van der Waals surface area (Å²) in [5, 5.41) is 0. The van der Waals surface area contributed by atoms with E-state index in [4.69, 9.17) is 37.9 Å². The van der Waals surface area contributed by atoms with Gasteiger partial charge in [0.1, 0.15) is 46.0 Å². The first-order valence-corrected chi connectivity index (χ1v) is 47.8. The van der Waals surface area contributed by atoms with Crippen molar-refractivity contribution >= 4 is 0 Å². The number of hydrogen-bond donors (Lipinski definition) is 0. The molecule has 0 radical (unpaired) electrons. The third kappa shape index (κ3) is 21.4. The second-order valence-electron chi connectivity index (χ2n) is 35.6. The van der Waals surface area contributed by atoms with Gasteiger partial charge in [0.25, 0.3) is 25.2 Å². The van der Waals surface area contributed by atoms with Gasteiger partial charge in [-0.2, -0.15) is 0 Å². The molecule has 4 aromatic heterocycles. The van der Waals surface area contributed by atoms with Crippen LogP contribution in [0.2, 0.25) is 0 Å². The second-order valence-corrected chi connectivity index (χ2v) is 35.6. The molecule has 128 heavy (non-hydrogen) atoms. The minimum absolute atomic E-state index is 0.243. The van der Waals surface area contributed by atoms with Gasteiger partial charge in [-0.05, 0) is 194 Å². The molecule has 8 aromatic carbocycles. The smallest absolute Gasteiger partial charge is 0.267 e. The summed E-state index contributed by atoms with van der Waals surface area (Å²) in [7, 11) is 0. The molecule has 0 atom stereocenters. The van der Waals surface area contributed by atoms with E-state index in [2.05, 4.69) is 265 Å². The third-order valence-corrected chi connectivity index (χ3v) is 26.8. The van der Waals surface area contributed by atoms with Crippen LogP contribution in [0.1, 0.15) is 321 Å². The molecule has 4 aliphatic heterocycles. The van der Waals surface area contributed by atoms with Gasteiger partial charge >= 0.3 is 0 Å². The summed E-state index contributed by atoms with van der Waals surface area (Å²) in [5.74, 6) is 4.62. The number of ether oxygens (including phenoxy) is 8. The van der Waals surface area contributed by atoms with Crippen LogP contribution >= 0.6 is 0 Å². The third-order valence-electron chi connectivity index (χ3n) is 26.8. The summed E-state index contributed by atoms with van der Waals surface area (Å²) in [5.41, 5.74) is 20.6. The summed E-state index contributed by atoms with van der Waals surface area (Å²) in [6.07, 6.45) is 53.0. The van der Waals surface area contributed by atoms with Crippen molar-refractivity contribution in [2.24, 2.45) is 0 Å². The Kier molecular flexibility index (Phi) is 30.1. The molecule has 656 valence electrons. The number of unbranched alkanes of at least 4 members (excludes halogenated alkanes) is 24. The molecule has 0 saturated carbocycles. The largest absolute Gasteiger partial charge is 0.450 e. The van der Waals surface area contributed by atoms with Gasteiger partial charge in [0.05, 0.1) is 0 Å². The van der Waals surface area contributed by atoms with Crippen molar-refractivity contribution in [2.75, 3.05) is 0 Å². The monoisotopic (exact) mass is 1700 g/mol. The number of allylic oxidation sites excluding steroid dienone is 4. The molecule has 1 aliphatic carbocycles. The Morgan fingerprint density at radius 3 is 0.516 bits per heavy atom. The molecule has 8 heterocycles. The highest BCUT2D eigenvalue weighted by atomic mass is 16.7. The first-order valence-electron chi connectivity index (χ1n) is 47.8. The predicted molar refractivity (Wildman–Crippen MR) is 516 cm³/mol. The SMILES string of the molecule is C=CCCCCCCCCC1c2cc3c4cc2OC(c2ccc(-c5ccncc5)cc2)Oc2cc5c(cc21)C(CCCCCCCCC=C)c1cc2c(cc1OC(c1ccc(-c6ccncc6)cc1)O5)OC(c1ccc(-c5ccncc5)cc1)Oc1cc(c(cc1C2CCCCCCCCC=C)C3CCCCCCCCC=C)OC(c1ccc(-c2ccncc2)cc1)O4. The van der Waals surface area contributed by atoms with Crippen molar-refractivity contribution in [3.63, 3.8) is 0 Å². The highest BCUT2D eigenvalue weighted by molar-refractivity contribution is 5.69. The van der Waals surface area contributed by atoms with Crippen molar-refractivity contribution in [1.82, 2.24) is 19.9 Å². The van der Waals surface area contributed by atoms with Crippen LogP contribution in [0.25, 0.3) is 44.5 Å². The molecular weight excluding hydrogens is 1580 g/mol. The van der Waals surface area contributed by atoms with Crippen LogP contribution in [0.3, 0.4) is 0 Å². The quantitative estimate of drug-likeness (QED) is 0.0267. The molecule has 12 aromatic rings. The lowest BCUT2D eigenvalue weighted by Gasteiger charge is -2.38. The maximum absolute atomic E-state index is 7.90. The summed E-state index contributed by atoms with van der Waals surface area (Å²) < 4.78 is 63.2. The van der Waals surface area contributed by atoms with Gasteiger partial charge in [0, 0.05) is 164 Å². The Morgan fingerprint density at radius 1 is 0.188 bits per heavy atom. The molecule has 0 spiro atoms. The summed E-state index contributed by atoms with van der Waals surface area (Å²) in [6, 6.07) is 70.0. The Balaban J connectivity index is 0.942. The molecule has 12 nitrogen and oxygen atoms in total. The van der Waals surface area contributed by atoms with Gasteiger partial charge < -0.3 is 37.9 Å². The zero-order chi connectivity index (χ0) is 87.0. The Bertz CT molecular complexity index is 4820. The van der Waals surface area contributed by atoms with E-state index in [0.29, 0.717) is 46.0 Å². The van der Waals surface area contributed by atoms with E-state index in [-0.39, 0.29) is 23.7 Å². The highest BCUT2D eigenvalue weighted by Crippen LogP contribution is 2.59. The zero-order valence-corrected chi connectivity index (χ0v) is 74.5. The van der Waals surface area contributed by atoms with Crippen LogP contribution in [0.4, 0.5) is 0 Å². The molecular formula is C116H124N4O8. The molecule has 0 saturated heterocycles. The first kappa shape index (κ1) is 87.8. The van der Waals surface area contributed by atoms with E-state index in [1.807, 2.05) is 49.6 Å². The van der Waals surface area contributed by atoms with E-state index in [1.54, 1.807) is 0 Å². The van der Waals surface area contributed by atoms with E-state index in [0.717, 1.165) is 291 Å². The Hall–Kier alpha value is -12.3. The molecule has 0 amide bonds. The lowest BCUT2D eigenvalue weighted by atomic mass is 9.76. The van der Waals surface area contributed by atoms with Crippen LogP contribution in [0.5, 0.6) is 46.0 Å². The van der Waals surface area contributed by atoms with Crippen LogP contribution in [0, 0.1) is 0 Å². The average Bonchev–Trinajstić information content (AvgIpc) is 0.727.